The monoisotopic (exact) mass is 302 g/mol. The molecule has 1 heterocycles. The number of anilines is 1. The fraction of sp³-hybridized carbons (Fsp3) is 0.267. The molecule has 2 rings (SSSR count). The number of hydrogen-bond donors (Lipinski definition) is 1. The van der Waals surface area contributed by atoms with Gasteiger partial charge < -0.3 is 10.6 Å². The van der Waals surface area contributed by atoms with Crippen LogP contribution in [0.25, 0.3) is 0 Å². The zero-order valence-corrected chi connectivity index (χ0v) is 12.9. The van der Waals surface area contributed by atoms with Crippen LogP contribution in [0, 0.1) is 6.92 Å². The average molecular weight is 302 g/mol. The summed E-state index contributed by atoms with van der Waals surface area (Å²) < 4.78 is 1.59. The molecule has 0 spiro atoms. The van der Waals surface area contributed by atoms with Crippen molar-refractivity contribution in [2.75, 3.05) is 11.4 Å². The number of carbonyl (C=O) groups is 1. The topological polar surface area (TPSA) is 64.2 Å². The number of aryl methyl sites for hydroxylation is 2. The Balaban J connectivity index is 2.32. The fourth-order valence-corrected chi connectivity index (χ4v) is 2.22. The van der Waals surface area contributed by atoms with Crippen molar-refractivity contribution in [1.29, 1.82) is 0 Å². The van der Waals surface area contributed by atoms with Crippen molar-refractivity contribution < 1.29 is 4.79 Å². The first-order chi connectivity index (χ1) is 9.99. The lowest BCUT2D eigenvalue weighted by Gasteiger charge is -2.22. The second kappa shape index (κ2) is 6.49. The Morgan fingerprint density at radius 3 is 2.57 bits per heavy atom. The maximum Gasteiger partial charge on any atom is 0.276 e. The molecule has 2 aromatic rings. The minimum Gasteiger partial charge on any atom is -0.393 e. The van der Waals surface area contributed by atoms with Gasteiger partial charge in [-0.15, -0.1) is 0 Å². The summed E-state index contributed by atoms with van der Waals surface area (Å²) in [5.41, 5.74) is 7.73. The molecule has 0 aliphatic carbocycles. The van der Waals surface area contributed by atoms with Crippen LogP contribution >= 0.6 is 12.2 Å². The molecule has 0 fully saturated rings. The predicted octanol–water partition coefficient (Wildman–Crippen LogP) is 2.05. The Kier molecular flexibility index (Phi) is 4.70. The Morgan fingerprint density at radius 1 is 1.38 bits per heavy atom. The van der Waals surface area contributed by atoms with E-state index in [0.717, 1.165) is 11.4 Å². The van der Waals surface area contributed by atoms with Crippen molar-refractivity contribution >= 4 is 28.8 Å². The minimum absolute atomic E-state index is 0.111. The van der Waals surface area contributed by atoms with Gasteiger partial charge in [-0.3, -0.25) is 9.48 Å². The van der Waals surface area contributed by atoms with Crippen molar-refractivity contribution in [2.24, 2.45) is 12.8 Å². The maximum absolute atomic E-state index is 12.8. The number of aromatic nitrogens is 2. The van der Waals surface area contributed by atoms with E-state index in [-0.39, 0.29) is 5.91 Å². The molecule has 1 amide bonds. The number of nitrogens with two attached hydrogens (primary N) is 1. The molecule has 1 aromatic carbocycles. The molecule has 0 atom stereocenters. The van der Waals surface area contributed by atoms with E-state index in [1.54, 1.807) is 22.7 Å². The van der Waals surface area contributed by atoms with Gasteiger partial charge in [0.15, 0.2) is 0 Å². The van der Waals surface area contributed by atoms with Gasteiger partial charge in [-0.05, 0) is 25.1 Å². The van der Waals surface area contributed by atoms with Gasteiger partial charge in [-0.1, -0.05) is 30.4 Å². The van der Waals surface area contributed by atoms with E-state index < -0.39 is 0 Å². The Labute approximate surface area is 129 Å². The van der Waals surface area contributed by atoms with Gasteiger partial charge in [0.1, 0.15) is 5.69 Å². The lowest BCUT2D eigenvalue weighted by Crippen LogP contribution is -2.35. The number of carbonyl (C=O) groups excluding carboxylic acids is 1. The van der Waals surface area contributed by atoms with Crippen molar-refractivity contribution in [1.82, 2.24) is 9.78 Å². The van der Waals surface area contributed by atoms with Gasteiger partial charge in [0.25, 0.3) is 5.91 Å². The predicted molar refractivity (Wildman–Crippen MR) is 87.5 cm³/mol. The fourth-order valence-electron chi connectivity index (χ4n) is 2.13. The first-order valence-electron chi connectivity index (χ1n) is 6.65. The van der Waals surface area contributed by atoms with Crippen molar-refractivity contribution in [3.63, 3.8) is 0 Å². The Bertz CT molecular complexity index is 651. The van der Waals surface area contributed by atoms with E-state index in [9.17, 15) is 4.79 Å². The molecule has 6 heteroatoms. The van der Waals surface area contributed by atoms with Crippen molar-refractivity contribution in [2.45, 2.75) is 13.3 Å². The average Bonchev–Trinajstić information content (AvgIpc) is 2.78. The first kappa shape index (κ1) is 15.2. The molecule has 1 aromatic heterocycles. The van der Waals surface area contributed by atoms with E-state index in [1.165, 1.54) is 0 Å². The lowest BCUT2D eigenvalue weighted by atomic mass is 10.2. The van der Waals surface area contributed by atoms with E-state index in [1.807, 2.05) is 37.3 Å². The summed E-state index contributed by atoms with van der Waals surface area (Å²) in [5, 5.41) is 4.22. The summed E-state index contributed by atoms with van der Waals surface area (Å²) >= 11 is 4.92. The summed E-state index contributed by atoms with van der Waals surface area (Å²) in [4.78, 5) is 14.8. The van der Waals surface area contributed by atoms with Crippen LogP contribution in [0.1, 0.15) is 22.6 Å². The summed E-state index contributed by atoms with van der Waals surface area (Å²) in [5.74, 6) is -0.111. The molecule has 2 N–H and O–H groups in total. The second-order valence-electron chi connectivity index (χ2n) is 4.80. The zero-order chi connectivity index (χ0) is 15.4. The third-order valence-corrected chi connectivity index (χ3v) is 3.32. The molecule has 21 heavy (non-hydrogen) atoms. The molecular formula is C15H18N4OS. The van der Waals surface area contributed by atoms with Crippen LogP contribution in [-0.4, -0.2) is 27.2 Å². The number of benzene rings is 1. The summed E-state index contributed by atoms with van der Waals surface area (Å²) in [6.07, 6.45) is 0.479. The smallest absolute Gasteiger partial charge is 0.276 e. The maximum atomic E-state index is 12.8. The number of nitrogens with zero attached hydrogens (tertiary/aromatic N) is 3. The molecule has 0 unspecified atom stereocenters. The van der Waals surface area contributed by atoms with Crippen LogP contribution in [0.2, 0.25) is 0 Å². The van der Waals surface area contributed by atoms with Crippen LogP contribution in [0.4, 0.5) is 5.69 Å². The molecule has 0 radical (unpaired) electrons. The van der Waals surface area contributed by atoms with Crippen molar-refractivity contribution in [3.05, 3.63) is 47.8 Å². The quantitative estimate of drug-likeness (QED) is 0.859. The zero-order valence-electron chi connectivity index (χ0n) is 12.1. The highest BCUT2D eigenvalue weighted by Crippen LogP contribution is 2.17. The van der Waals surface area contributed by atoms with Crippen LogP contribution in [0.5, 0.6) is 0 Å². The summed E-state index contributed by atoms with van der Waals surface area (Å²) in [6, 6.07) is 11.3. The third kappa shape index (κ3) is 3.66. The number of amides is 1. The molecule has 0 aliphatic rings. The Morgan fingerprint density at radius 2 is 2.05 bits per heavy atom. The number of para-hydroxylation sites is 1. The van der Waals surface area contributed by atoms with Crippen LogP contribution in [0.3, 0.4) is 0 Å². The summed E-state index contributed by atoms with van der Waals surface area (Å²) in [7, 11) is 1.76. The normalized spacial score (nSPS) is 10.4. The molecule has 110 valence electrons. The van der Waals surface area contributed by atoms with Gasteiger partial charge in [-0.2, -0.15) is 5.10 Å². The van der Waals surface area contributed by atoms with E-state index in [4.69, 9.17) is 18.0 Å². The standard InChI is InChI=1S/C15H18N4OS/c1-11-10-13(18(2)17-11)15(20)19(9-8-14(16)21)12-6-4-3-5-7-12/h3-7,10H,8-9H2,1-2H3,(H2,16,21). The number of hydrogen-bond acceptors (Lipinski definition) is 3. The summed E-state index contributed by atoms with van der Waals surface area (Å²) in [6.45, 7) is 2.31. The van der Waals surface area contributed by atoms with Gasteiger partial charge in [0.2, 0.25) is 0 Å². The highest BCUT2D eigenvalue weighted by Gasteiger charge is 2.21. The van der Waals surface area contributed by atoms with Gasteiger partial charge in [0.05, 0.1) is 10.7 Å². The van der Waals surface area contributed by atoms with E-state index in [2.05, 4.69) is 5.10 Å². The third-order valence-electron chi connectivity index (χ3n) is 3.12. The number of thiocarbonyl (C=S) groups is 1. The second-order valence-corrected chi connectivity index (χ2v) is 5.33. The van der Waals surface area contributed by atoms with Crippen LogP contribution in [0.15, 0.2) is 36.4 Å². The molecule has 0 saturated heterocycles. The van der Waals surface area contributed by atoms with Gasteiger partial charge >= 0.3 is 0 Å². The van der Waals surface area contributed by atoms with Crippen LogP contribution < -0.4 is 10.6 Å². The molecular weight excluding hydrogens is 284 g/mol. The highest BCUT2D eigenvalue weighted by atomic mass is 32.1. The van der Waals surface area contributed by atoms with Gasteiger partial charge in [-0.25, -0.2) is 0 Å². The largest absolute Gasteiger partial charge is 0.393 e. The SMILES string of the molecule is Cc1cc(C(=O)N(CCC(N)=S)c2ccccc2)n(C)n1. The van der Waals surface area contributed by atoms with E-state index in [0.29, 0.717) is 23.6 Å². The first-order valence-corrected chi connectivity index (χ1v) is 7.05. The molecule has 0 bridgehead atoms. The lowest BCUT2D eigenvalue weighted by molar-refractivity contribution is 0.0978. The molecule has 5 nitrogen and oxygen atoms in total. The van der Waals surface area contributed by atoms with E-state index >= 15 is 0 Å². The van der Waals surface area contributed by atoms with Crippen molar-refractivity contribution in [3.8, 4) is 0 Å². The minimum atomic E-state index is -0.111. The Hall–Kier alpha value is -2.21. The highest BCUT2D eigenvalue weighted by molar-refractivity contribution is 7.80. The van der Waals surface area contributed by atoms with Crippen LogP contribution in [-0.2, 0) is 7.05 Å². The molecule has 0 saturated carbocycles. The van der Waals surface area contributed by atoms with Gasteiger partial charge in [0, 0.05) is 25.7 Å². The number of rotatable bonds is 5. The molecule has 0 aliphatic heterocycles.